The van der Waals surface area contributed by atoms with Gasteiger partial charge in [-0.3, -0.25) is 0 Å². The minimum Gasteiger partial charge on any atom is -0.381 e. The van der Waals surface area contributed by atoms with Crippen LogP contribution in [0.15, 0.2) is 0 Å². The third kappa shape index (κ3) is 2.71. The molecule has 2 saturated heterocycles. The van der Waals surface area contributed by atoms with Gasteiger partial charge in [0.15, 0.2) is 0 Å². The van der Waals surface area contributed by atoms with E-state index in [4.69, 9.17) is 4.74 Å². The third-order valence-electron chi connectivity index (χ3n) is 3.76. The molecule has 2 heteroatoms. The van der Waals surface area contributed by atoms with E-state index >= 15 is 0 Å². The Kier molecular flexibility index (Phi) is 3.82. The second-order valence-corrected chi connectivity index (χ2v) is 4.92. The van der Waals surface area contributed by atoms with Gasteiger partial charge in [0.05, 0.1) is 0 Å². The van der Waals surface area contributed by atoms with Crippen molar-refractivity contribution in [1.82, 2.24) is 4.90 Å². The largest absolute Gasteiger partial charge is 0.381 e. The van der Waals surface area contributed by atoms with E-state index in [-0.39, 0.29) is 0 Å². The standard InChI is InChI=1S/C12H23NO/c1-11-3-2-7-13(8-4-11)12-5-9-14-10-6-12/h11-12H,2-10H2,1H3. The van der Waals surface area contributed by atoms with Crippen LogP contribution in [0.5, 0.6) is 0 Å². The lowest BCUT2D eigenvalue weighted by atomic mass is 10.0. The van der Waals surface area contributed by atoms with Crippen LogP contribution >= 0.6 is 0 Å². The summed E-state index contributed by atoms with van der Waals surface area (Å²) < 4.78 is 5.42. The second-order valence-electron chi connectivity index (χ2n) is 4.92. The predicted octanol–water partition coefficient (Wildman–Crippen LogP) is 2.29. The van der Waals surface area contributed by atoms with Gasteiger partial charge in [0.25, 0.3) is 0 Å². The van der Waals surface area contributed by atoms with Crippen LogP contribution in [0.3, 0.4) is 0 Å². The van der Waals surface area contributed by atoms with Crippen molar-refractivity contribution in [3.05, 3.63) is 0 Å². The Morgan fingerprint density at radius 2 is 1.79 bits per heavy atom. The molecule has 2 fully saturated rings. The molecule has 0 aromatic carbocycles. The van der Waals surface area contributed by atoms with Crippen molar-refractivity contribution >= 4 is 0 Å². The summed E-state index contributed by atoms with van der Waals surface area (Å²) in [6.07, 6.45) is 6.75. The number of nitrogens with zero attached hydrogens (tertiary/aromatic N) is 1. The summed E-state index contributed by atoms with van der Waals surface area (Å²) in [5.74, 6) is 0.944. The zero-order valence-electron chi connectivity index (χ0n) is 9.37. The van der Waals surface area contributed by atoms with Crippen LogP contribution in [0.2, 0.25) is 0 Å². The van der Waals surface area contributed by atoms with Crippen molar-refractivity contribution in [3.8, 4) is 0 Å². The summed E-state index contributed by atoms with van der Waals surface area (Å²) in [6.45, 7) is 7.02. The molecule has 0 aliphatic carbocycles. The number of hydrogen-bond donors (Lipinski definition) is 0. The van der Waals surface area contributed by atoms with Crippen molar-refractivity contribution in [1.29, 1.82) is 0 Å². The van der Waals surface area contributed by atoms with Gasteiger partial charge in [-0.05, 0) is 51.1 Å². The lowest BCUT2D eigenvalue weighted by molar-refractivity contribution is 0.0350. The molecule has 1 atom stereocenters. The molecule has 14 heavy (non-hydrogen) atoms. The van der Waals surface area contributed by atoms with Crippen LogP contribution in [0.1, 0.15) is 39.0 Å². The molecule has 82 valence electrons. The summed E-state index contributed by atoms with van der Waals surface area (Å²) in [7, 11) is 0. The molecule has 1 unspecified atom stereocenters. The highest BCUT2D eigenvalue weighted by Crippen LogP contribution is 2.21. The summed E-state index contributed by atoms with van der Waals surface area (Å²) in [5.41, 5.74) is 0. The molecule has 0 aromatic heterocycles. The Labute approximate surface area is 87.6 Å². The van der Waals surface area contributed by atoms with E-state index in [9.17, 15) is 0 Å². The van der Waals surface area contributed by atoms with Gasteiger partial charge in [0.2, 0.25) is 0 Å². The van der Waals surface area contributed by atoms with E-state index in [1.54, 1.807) is 0 Å². The van der Waals surface area contributed by atoms with Crippen LogP contribution < -0.4 is 0 Å². The fraction of sp³-hybridized carbons (Fsp3) is 1.00. The van der Waals surface area contributed by atoms with Crippen molar-refractivity contribution in [2.75, 3.05) is 26.3 Å². The van der Waals surface area contributed by atoms with Gasteiger partial charge in [0.1, 0.15) is 0 Å². The Morgan fingerprint density at radius 1 is 1.00 bits per heavy atom. The van der Waals surface area contributed by atoms with E-state index in [2.05, 4.69) is 11.8 Å². The Morgan fingerprint density at radius 3 is 2.57 bits per heavy atom. The van der Waals surface area contributed by atoms with Crippen molar-refractivity contribution in [3.63, 3.8) is 0 Å². The van der Waals surface area contributed by atoms with Crippen LogP contribution in [-0.2, 0) is 4.74 Å². The SMILES string of the molecule is CC1CCCN(C2CCOCC2)CC1. The Bertz CT molecular complexity index is 166. The van der Waals surface area contributed by atoms with Crippen LogP contribution in [-0.4, -0.2) is 37.2 Å². The zero-order chi connectivity index (χ0) is 9.80. The Hall–Kier alpha value is -0.0800. The maximum atomic E-state index is 5.42. The van der Waals surface area contributed by atoms with Gasteiger partial charge in [0, 0.05) is 19.3 Å². The lowest BCUT2D eigenvalue weighted by Gasteiger charge is -2.33. The third-order valence-corrected chi connectivity index (χ3v) is 3.76. The van der Waals surface area contributed by atoms with Gasteiger partial charge in [-0.15, -0.1) is 0 Å². The summed E-state index contributed by atoms with van der Waals surface area (Å²) in [4.78, 5) is 2.71. The maximum absolute atomic E-state index is 5.42. The molecule has 0 N–H and O–H groups in total. The van der Waals surface area contributed by atoms with Gasteiger partial charge < -0.3 is 9.64 Å². The van der Waals surface area contributed by atoms with E-state index < -0.39 is 0 Å². The van der Waals surface area contributed by atoms with E-state index in [1.165, 1.54) is 45.2 Å². The average molecular weight is 197 g/mol. The highest BCUT2D eigenvalue weighted by Gasteiger charge is 2.23. The molecular weight excluding hydrogens is 174 g/mol. The van der Waals surface area contributed by atoms with E-state index in [0.29, 0.717) is 0 Å². The summed E-state index contributed by atoms with van der Waals surface area (Å²) in [5, 5.41) is 0. The molecule has 0 spiro atoms. The minimum atomic E-state index is 0.828. The number of rotatable bonds is 1. The highest BCUT2D eigenvalue weighted by atomic mass is 16.5. The predicted molar refractivity (Wildman–Crippen MR) is 58.4 cm³/mol. The minimum absolute atomic E-state index is 0.828. The smallest absolute Gasteiger partial charge is 0.0480 e. The van der Waals surface area contributed by atoms with Crippen molar-refractivity contribution in [2.24, 2.45) is 5.92 Å². The molecule has 0 amide bonds. The van der Waals surface area contributed by atoms with Crippen molar-refractivity contribution in [2.45, 2.75) is 45.1 Å². The maximum Gasteiger partial charge on any atom is 0.0480 e. The van der Waals surface area contributed by atoms with Crippen molar-refractivity contribution < 1.29 is 4.74 Å². The molecule has 0 saturated carbocycles. The van der Waals surface area contributed by atoms with Crippen LogP contribution in [0.4, 0.5) is 0 Å². The molecule has 0 aromatic rings. The second kappa shape index (κ2) is 5.13. The number of ether oxygens (including phenoxy) is 1. The van der Waals surface area contributed by atoms with E-state index in [0.717, 1.165) is 25.2 Å². The molecule has 0 bridgehead atoms. The fourth-order valence-corrected chi connectivity index (χ4v) is 2.70. The number of hydrogen-bond acceptors (Lipinski definition) is 2. The van der Waals surface area contributed by atoms with E-state index in [1.807, 2.05) is 0 Å². The first-order valence-electron chi connectivity index (χ1n) is 6.18. The first kappa shape index (κ1) is 10.4. The average Bonchev–Trinajstić information content (AvgIpc) is 2.44. The highest BCUT2D eigenvalue weighted by molar-refractivity contribution is 4.77. The normalized spacial score (nSPS) is 32.8. The monoisotopic (exact) mass is 197 g/mol. The summed E-state index contributed by atoms with van der Waals surface area (Å²) >= 11 is 0. The molecule has 2 aliphatic rings. The fourth-order valence-electron chi connectivity index (χ4n) is 2.70. The molecule has 0 radical (unpaired) electrons. The van der Waals surface area contributed by atoms with Gasteiger partial charge in [-0.2, -0.15) is 0 Å². The molecular formula is C12H23NO. The molecule has 2 aliphatic heterocycles. The zero-order valence-corrected chi connectivity index (χ0v) is 9.37. The first-order valence-corrected chi connectivity index (χ1v) is 6.18. The first-order chi connectivity index (χ1) is 6.86. The van der Waals surface area contributed by atoms with Crippen LogP contribution in [0, 0.1) is 5.92 Å². The van der Waals surface area contributed by atoms with Gasteiger partial charge >= 0.3 is 0 Å². The molecule has 2 heterocycles. The molecule has 2 nitrogen and oxygen atoms in total. The summed E-state index contributed by atoms with van der Waals surface area (Å²) in [6, 6.07) is 0.828. The van der Waals surface area contributed by atoms with Gasteiger partial charge in [-0.25, -0.2) is 0 Å². The topological polar surface area (TPSA) is 12.5 Å². The molecule has 2 rings (SSSR count). The Balaban J connectivity index is 1.83. The lowest BCUT2D eigenvalue weighted by Crippen LogP contribution is -2.40. The van der Waals surface area contributed by atoms with Crippen LogP contribution in [0.25, 0.3) is 0 Å². The van der Waals surface area contributed by atoms with Gasteiger partial charge in [-0.1, -0.05) is 6.92 Å². The quantitative estimate of drug-likeness (QED) is 0.639. The number of likely N-dealkylation sites (tertiary alicyclic amines) is 1.